The molecule has 0 aliphatic heterocycles. The average Bonchev–Trinajstić information content (AvgIpc) is 2.97. The molecule has 0 aromatic carbocycles. The minimum atomic E-state index is -1.86. The Morgan fingerprint density at radius 3 is 1.55 bits per heavy atom. The molecule has 0 rings (SSSR count). The maximum Gasteiger partial charge on any atom is 0.326 e. The zero-order valence-corrected chi connectivity index (χ0v) is 26.5. The van der Waals surface area contributed by atoms with Crippen LogP contribution in [0.3, 0.4) is 0 Å². The monoisotopic (exact) mass is 675 g/mol. The van der Waals surface area contributed by atoms with E-state index in [1.807, 2.05) is 0 Å². The second-order valence-electron chi connectivity index (χ2n) is 11.1. The molecule has 0 aliphatic rings. The molecule has 47 heavy (non-hydrogen) atoms. The maximum absolute atomic E-state index is 13.3. The van der Waals surface area contributed by atoms with E-state index >= 15 is 0 Å². The van der Waals surface area contributed by atoms with Crippen LogP contribution in [0.15, 0.2) is 0 Å². The summed E-state index contributed by atoms with van der Waals surface area (Å²) in [6.45, 7) is 5.12. The number of hydrogen-bond donors (Lipinski definition) is 11. The van der Waals surface area contributed by atoms with E-state index in [4.69, 9.17) is 16.6 Å². The first-order valence-electron chi connectivity index (χ1n) is 14.6. The van der Waals surface area contributed by atoms with Crippen LogP contribution in [0.5, 0.6) is 0 Å². The van der Waals surface area contributed by atoms with Gasteiger partial charge in [0.15, 0.2) is 0 Å². The van der Waals surface area contributed by atoms with E-state index in [1.54, 1.807) is 6.92 Å². The number of carboxylic acid groups (broad SMARTS) is 3. The summed E-state index contributed by atoms with van der Waals surface area (Å²) in [5, 5.41) is 48.0. The summed E-state index contributed by atoms with van der Waals surface area (Å²) in [4.78, 5) is 110. The van der Waals surface area contributed by atoms with Crippen molar-refractivity contribution in [2.45, 2.75) is 96.1 Å². The van der Waals surface area contributed by atoms with Crippen LogP contribution in [-0.4, -0.2) is 117 Å². The van der Waals surface area contributed by atoms with E-state index in [0.29, 0.717) is 0 Å². The number of carboxylic acids is 3. The van der Waals surface area contributed by atoms with Gasteiger partial charge in [-0.15, -0.1) is 0 Å². The highest BCUT2D eigenvalue weighted by atomic mass is 16.4. The predicted molar refractivity (Wildman–Crippen MR) is 160 cm³/mol. The molecule has 0 aliphatic carbocycles. The fraction of sp³-hybridized carbons (Fsp3) is 0.667. The minimum Gasteiger partial charge on any atom is -0.481 e. The number of primary amides is 1. The van der Waals surface area contributed by atoms with E-state index in [9.17, 15) is 58.5 Å². The molecule has 0 aromatic rings. The number of hydrogen-bond acceptors (Lipinski definition) is 11. The van der Waals surface area contributed by atoms with Crippen LogP contribution in [0.1, 0.15) is 59.8 Å². The van der Waals surface area contributed by atoms with Gasteiger partial charge in [-0.05, 0) is 18.3 Å². The summed E-state index contributed by atoms with van der Waals surface area (Å²) in [6, 6.07) is -9.49. The van der Waals surface area contributed by atoms with Crippen molar-refractivity contribution in [2.75, 3.05) is 6.61 Å². The first kappa shape index (κ1) is 42.1. The number of nitrogens with one attached hydrogen (secondary N) is 5. The molecule has 0 fully saturated rings. The van der Waals surface area contributed by atoms with Crippen molar-refractivity contribution in [1.82, 2.24) is 26.6 Å². The molecule has 13 N–H and O–H groups in total. The van der Waals surface area contributed by atoms with Crippen LogP contribution in [-0.2, 0) is 43.2 Å². The number of aliphatic carboxylic acids is 3. The lowest BCUT2D eigenvalue weighted by Crippen LogP contribution is -2.61. The van der Waals surface area contributed by atoms with E-state index in [0.717, 1.165) is 0 Å². The second kappa shape index (κ2) is 20.3. The Morgan fingerprint density at radius 2 is 1.11 bits per heavy atom. The summed E-state index contributed by atoms with van der Waals surface area (Å²) in [7, 11) is 0. The molecule has 0 heterocycles. The van der Waals surface area contributed by atoms with Gasteiger partial charge in [-0.3, -0.25) is 38.4 Å². The third-order valence-electron chi connectivity index (χ3n) is 6.90. The number of carbonyl (C=O) groups is 9. The fourth-order valence-corrected chi connectivity index (χ4v) is 3.93. The third-order valence-corrected chi connectivity index (χ3v) is 6.90. The summed E-state index contributed by atoms with van der Waals surface area (Å²) >= 11 is 0. The largest absolute Gasteiger partial charge is 0.481 e. The van der Waals surface area contributed by atoms with Gasteiger partial charge in [0.1, 0.15) is 30.2 Å². The molecule has 6 amide bonds. The lowest BCUT2D eigenvalue weighted by Gasteiger charge is -2.28. The average molecular weight is 676 g/mol. The van der Waals surface area contributed by atoms with E-state index in [-0.39, 0.29) is 12.8 Å². The Morgan fingerprint density at radius 1 is 0.638 bits per heavy atom. The molecule has 20 heteroatoms. The van der Waals surface area contributed by atoms with Crippen LogP contribution in [0, 0.1) is 11.8 Å². The number of carbonyl (C=O) groups excluding carboxylic acids is 6. The zero-order valence-electron chi connectivity index (χ0n) is 26.5. The molecule has 0 unspecified atom stereocenters. The van der Waals surface area contributed by atoms with E-state index in [1.165, 1.54) is 20.8 Å². The van der Waals surface area contributed by atoms with Crippen molar-refractivity contribution in [2.24, 2.45) is 23.3 Å². The molecule has 266 valence electrons. The zero-order chi connectivity index (χ0) is 36.6. The van der Waals surface area contributed by atoms with Crippen molar-refractivity contribution in [3.8, 4) is 0 Å². The number of aliphatic hydroxyl groups is 1. The lowest BCUT2D eigenvalue weighted by atomic mass is 9.97. The van der Waals surface area contributed by atoms with Crippen molar-refractivity contribution >= 4 is 53.4 Å². The van der Waals surface area contributed by atoms with Gasteiger partial charge in [0.25, 0.3) is 0 Å². The summed E-state index contributed by atoms with van der Waals surface area (Å²) in [6.07, 6.45) is -2.28. The van der Waals surface area contributed by atoms with Crippen molar-refractivity contribution in [3.63, 3.8) is 0 Å². The van der Waals surface area contributed by atoms with Gasteiger partial charge in [0, 0.05) is 6.42 Å². The molecular weight excluding hydrogens is 630 g/mol. The van der Waals surface area contributed by atoms with Crippen molar-refractivity contribution in [1.29, 1.82) is 0 Å². The minimum absolute atomic E-state index is 0.244. The molecular formula is C27H45N7O13. The van der Waals surface area contributed by atoms with Crippen LogP contribution >= 0.6 is 0 Å². The molecule has 0 spiro atoms. The quantitative estimate of drug-likeness (QED) is 0.0518. The number of rotatable bonds is 22. The van der Waals surface area contributed by atoms with E-state index < -0.39 is 127 Å². The third kappa shape index (κ3) is 15.3. The number of aliphatic hydroxyl groups excluding tert-OH is 1. The molecule has 0 aromatic heterocycles. The highest BCUT2D eigenvalue weighted by Crippen LogP contribution is 2.11. The summed E-state index contributed by atoms with van der Waals surface area (Å²) in [5.41, 5.74) is 10.9. The molecule has 7 atom stereocenters. The van der Waals surface area contributed by atoms with Gasteiger partial charge >= 0.3 is 17.9 Å². The normalized spacial score (nSPS) is 15.4. The van der Waals surface area contributed by atoms with Gasteiger partial charge in [-0.2, -0.15) is 0 Å². The Hall–Kier alpha value is -4.85. The van der Waals surface area contributed by atoms with Crippen molar-refractivity contribution in [3.05, 3.63) is 0 Å². The van der Waals surface area contributed by atoms with Crippen LogP contribution in [0.25, 0.3) is 0 Å². The topological polar surface area (TPSA) is 347 Å². The summed E-state index contributed by atoms with van der Waals surface area (Å²) < 4.78 is 0. The summed E-state index contributed by atoms with van der Waals surface area (Å²) in [5.74, 6) is -12.0. The molecule has 0 bridgehead atoms. The number of nitrogens with two attached hydrogens (primary N) is 2. The Labute approximate surface area is 269 Å². The van der Waals surface area contributed by atoms with Crippen LogP contribution in [0.4, 0.5) is 0 Å². The van der Waals surface area contributed by atoms with Gasteiger partial charge in [0.05, 0.1) is 25.5 Å². The van der Waals surface area contributed by atoms with E-state index in [2.05, 4.69) is 26.6 Å². The SMILES string of the molecule is CC[C@H](C)[C@H](NC(=O)[C@H](CC(N)=O)NC(=O)[C@@H](N)CCC(=O)O)C(=O)N[C@@H](CC(=O)O)C(=O)N[C@@H](CO)C(=O)N[C@H](C(=O)O)C(C)C. The lowest BCUT2D eigenvalue weighted by molar-refractivity contribution is -0.144. The maximum atomic E-state index is 13.3. The smallest absolute Gasteiger partial charge is 0.326 e. The standard InChI is InChI=1S/C27H45N7O13/c1-5-12(4)21(34-24(43)14(8-17(29)36)30-22(41)13(28)6-7-18(37)38)26(45)31-15(9-19(39)40)23(42)32-16(10-35)25(44)33-20(11(2)3)27(46)47/h11-16,20-21,35H,5-10,28H2,1-4H3,(H2,29,36)(H,30,41)(H,31,45)(H,32,42)(H,33,44)(H,34,43)(H,37,38)(H,39,40)(H,46,47)/t12-,13-,14-,15-,16-,20-,21-/m0/s1. The Balaban J connectivity index is 6.01. The van der Waals surface area contributed by atoms with Crippen molar-refractivity contribution < 1.29 is 63.6 Å². The second-order valence-corrected chi connectivity index (χ2v) is 11.1. The first-order valence-corrected chi connectivity index (χ1v) is 14.6. The van der Waals surface area contributed by atoms with Gasteiger partial charge in [-0.25, -0.2) is 4.79 Å². The molecule has 0 radical (unpaired) electrons. The predicted octanol–water partition coefficient (Wildman–Crippen LogP) is -4.27. The fourth-order valence-electron chi connectivity index (χ4n) is 3.93. The van der Waals surface area contributed by atoms with Gasteiger partial charge in [-0.1, -0.05) is 34.1 Å². The molecule has 20 nitrogen and oxygen atoms in total. The number of amides is 6. The first-order chi connectivity index (χ1) is 21.7. The highest BCUT2D eigenvalue weighted by molar-refractivity contribution is 5.98. The molecule has 0 saturated heterocycles. The van der Waals surface area contributed by atoms with Gasteiger partial charge in [0.2, 0.25) is 35.4 Å². The van der Waals surface area contributed by atoms with Crippen LogP contribution in [0.2, 0.25) is 0 Å². The Bertz CT molecular complexity index is 1180. The highest BCUT2D eigenvalue weighted by Gasteiger charge is 2.35. The van der Waals surface area contributed by atoms with Gasteiger partial charge < -0.3 is 58.5 Å². The Kier molecular flexibility index (Phi) is 18.2. The van der Waals surface area contributed by atoms with Crippen LogP contribution < -0.4 is 38.1 Å². The molecule has 0 saturated carbocycles.